The second-order valence-corrected chi connectivity index (χ2v) is 6.41. The van der Waals surface area contributed by atoms with Crippen LogP contribution in [0, 0.1) is 0 Å². The summed E-state index contributed by atoms with van der Waals surface area (Å²) >= 11 is 0. The molecule has 4 aromatic rings. The third-order valence-electron chi connectivity index (χ3n) is 4.67. The zero-order valence-electron chi connectivity index (χ0n) is 15.5. The summed E-state index contributed by atoms with van der Waals surface area (Å²) in [7, 11) is 1.64. The van der Waals surface area contributed by atoms with Crippen LogP contribution in [0.5, 0.6) is 5.75 Å². The quantitative estimate of drug-likeness (QED) is 0.542. The molecule has 0 aliphatic heterocycles. The van der Waals surface area contributed by atoms with E-state index in [1.54, 1.807) is 7.11 Å². The molecule has 3 aromatic carbocycles. The van der Waals surface area contributed by atoms with Gasteiger partial charge in [0.1, 0.15) is 5.75 Å². The van der Waals surface area contributed by atoms with E-state index in [1.165, 1.54) is 6.39 Å². The van der Waals surface area contributed by atoms with Gasteiger partial charge in [0, 0.05) is 12.1 Å². The highest BCUT2D eigenvalue weighted by molar-refractivity contribution is 5.98. The van der Waals surface area contributed by atoms with E-state index in [9.17, 15) is 4.79 Å². The molecular formula is C23H20N2O3. The maximum atomic E-state index is 12.6. The molecule has 5 nitrogen and oxygen atoms in total. The number of aromatic nitrogens is 1. The second-order valence-electron chi connectivity index (χ2n) is 6.41. The minimum atomic E-state index is -0.258. The molecule has 28 heavy (non-hydrogen) atoms. The van der Waals surface area contributed by atoms with Crippen molar-refractivity contribution in [1.82, 2.24) is 10.3 Å². The van der Waals surface area contributed by atoms with Gasteiger partial charge in [-0.25, -0.2) is 4.98 Å². The van der Waals surface area contributed by atoms with E-state index < -0.39 is 0 Å². The summed E-state index contributed by atoms with van der Waals surface area (Å²) in [6, 6.07) is 21.8. The lowest BCUT2D eigenvalue weighted by Gasteiger charge is -2.09. The molecule has 0 atom stereocenters. The van der Waals surface area contributed by atoms with E-state index in [4.69, 9.17) is 9.15 Å². The molecule has 140 valence electrons. The number of nitrogens with one attached hydrogen (secondary N) is 1. The average molecular weight is 372 g/mol. The Balaban J connectivity index is 1.49. The molecule has 0 unspecified atom stereocenters. The lowest BCUT2D eigenvalue weighted by molar-refractivity contribution is 0.0950. The van der Waals surface area contributed by atoms with Crippen LogP contribution in [-0.4, -0.2) is 24.5 Å². The van der Waals surface area contributed by atoms with Crippen molar-refractivity contribution in [2.24, 2.45) is 0 Å². The molecule has 0 bridgehead atoms. The first-order valence-corrected chi connectivity index (χ1v) is 9.09. The number of benzene rings is 3. The molecule has 4 rings (SSSR count). The standard InChI is InChI=1S/C23H20N2O3/c1-27-20-9-5-4-7-17(20)12-13-24-23(26)21-22(28-15-25-21)19-11-10-16-6-2-3-8-18(16)14-19/h2-11,14-15H,12-13H2,1H3,(H,24,26). The van der Waals surface area contributed by atoms with Gasteiger partial charge in [-0.1, -0.05) is 54.6 Å². The maximum Gasteiger partial charge on any atom is 0.273 e. The highest BCUT2D eigenvalue weighted by atomic mass is 16.5. The number of oxazole rings is 1. The summed E-state index contributed by atoms with van der Waals surface area (Å²) in [4.78, 5) is 16.8. The van der Waals surface area contributed by atoms with Crippen LogP contribution in [0.15, 0.2) is 77.5 Å². The fraction of sp³-hybridized carbons (Fsp3) is 0.130. The molecular weight excluding hydrogens is 352 g/mol. The third-order valence-corrected chi connectivity index (χ3v) is 4.67. The van der Waals surface area contributed by atoms with E-state index in [2.05, 4.69) is 10.3 Å². The van der Waals surface area contributed by atoms with Crippen LogP contribution in [-0.2, 0) is 6.42 Å². The Hall–Kier alpha value is -3.60. The molecule has 5 heteroatoms. The number of para-hydroxylation sites is 1. The lowest BCUT2D eigenvalue weighted by atomic mass is 10.0. The largest absolute Gasteiger partial charge is 0.496 e. The van der Waals surface area contributed by atoms with Crippen molar-refractivity contribution in [3.05, 3.63) is 84.4 Å². The first kappa shape index (κ1) is 17.8. The van der Waals surface area contributed by atoms with Crippen LogP contribution in [0.2, 0.25) is 0 Å². The van der Waals surface area contributed by atoms with Gasteiger partial charge in [0.15, 0.2) is 17.8 Å². The van der Waals surface area contributed by atoms with Gasteiger partial charge in [-0.05, 0) is 34.9 Å². The number of nitrogens with zero attached hydrogens (tertiary/aromatic N) is 1. The third kappa shape index (κ3) is 3.60. The number of amides is 1. The minimum absolute atomic E-state index is 0.258. The summed E-state index contributed by atoms with van der Waals surface area (Å²) in [6.07, 6.45) is 1.97. The van der Waals surface area contributed by atoms with Gasteiger partial charge in [0.2, 0.25) is 0 Å². The number of carbonyl (C=O) groups is 1. The highest BCUT2D eigenvalue weighted by Gasteiger charge is 2.18. The van der Waals surface area contributed by atoms with Crippen LogP contribution in [0.25, 0.3) is 22.1 Å². The van der Waals surface area contributed by atoms with Gasteiger partial charge in [-0.3, -0.25) is 4.79 Å². The summed E-state index contributed by atoms with van der Waals surface area (Å²) in [5.41, 5.74) is 2.15. The highest BCUT2D eigenvalue weighted by Crippen LogP contribution is 2.27. The lowest BCUT2D eigenvalue weighted by Crippen LogP contribution is -2.26. The summed E-state index contributed by atoms with van der Waals surface area (Å²) in [6.45, 7) is 0.475. The average Bonchev–Trinajstić information content (AvgIpc) is 3.24. The normalized spacial score (nSPS) is 10.8. The monoisotopic (exact) mass is 372 g/mol. The van der Waals surface area contributed by atoms with Crippen LogP contribution in [0.3, 0.4) is 0 Å². The van der Waals surface area contributed by atoms with Crippen LogP contribution < -0.4 is 10.1 Å². The molecule has 1 amide bonds. The van der Waals surface area contributed by atoms with Gasteiger partial charge in [0.25, 0.3) is 5.91 Å². The summed E-state index contributed by atoms with van der Waals surface area (Å²) in [5, 5.41) is 5.13. The van der Waals surface area contributed by atoms with Gasteiger partial charge < -0.3 is 14.5 Å². The van der Waals surface area contributed by atoms with Crippen molar-refractivity contribution >= 4 is 16.7 Å². The fourth-order valence-corrected chi connectivity index (χ4v) is 3.25. The van der Waals surface area contributed by atoms with Crippen LogP contribution in [0.4, 0.5) is 0 Å². The molecule has 1 N–H and O–H groups in total. The Bertz CT molecular complexity index is 1120. The van der Waals surface area contributed by atoms with Crippen molar-refractivity contribution in [2.45, 2.75) is 6.42 Å². The Morgan fingerprint density at radius 1 is 1.04 bits per heavy atom. The Labute approximate surface area is 163 Å². The minimum Gasteiger partial charge on any atom is -0.496 e. The predicted molar refractivity (Wildman–Crippen MR) is 108 cm³/mol. The molecule has 0 saturated carbocycles. The molecule has 1 heterocycles. The van der Waals surface area contributed by atoms with Crippen molar-refractivity contribution in [2.75, 3.05) is 13.7 Å². The molecule has 0 radical (unpaired) electrons. The van der Waals surface area contributed by atoms with Crippen molar-refractivity contribution in [3.8, 4) is 17.1 Å². The first-order valence-electron chi connectivity index (χ1n) is 9.09. The Morgan fingerprint density at radius 2 is 1.82 bits per heavy atom. The number of ether oxygens (including phenoxy) is 1. The van der Waals surface area contributed by atoms with Gasteiger partial charge >= 0.3 is 0 Å². The molecule has 1 aromatic heterocycles. The van der Waals surface area contributed by atoms with Crippen molar-refractivity contribution < 1.29 is 13.9 Å². The van der Waals surface area contributed by atoms with E-state index in [0.717, 1.165) is 27.6 Å². The maximum absolute atomic E-state index is 12.6. The number of carbonyl (C=O) groups excluding carboxylic acids is 1. The van der Waals surface area contributed by atoms with E-state index in [0.29, 0.717) is 18.7 Å². The van der Waals surface area contributed by atoms with E-state index in [-0.39, 0.29) is 11.6 Å². The number of methoxy groups -OCH3 is 1. The number of hydrogen-bond donors (Lipinski definition) is 1. The molecule has 0 saturated heterocycles. The molecule has 0 fully saturated rings. The Kier molecular flexibility index (Phi) is 5.06. The first-order chi connectivity index (χ1) is 13.8. The van der Waals surface area contributed by atoms with E-state index in [1.807, 2.05) is 66.7 Å². The van der Waals surface area contributed by atoms with Gasteiger partial charge in [-0.2, -0.15) is 0 Å². The second kappa shape index (κ2) is 7.96. The number of fused-ring (bicyclic) bond motifs is 1. The Morgan fingerprint density at radius 3 is 2.68 bits per heavy atom. The van der Waals surface area contributed by atoms with Gasteiger partial charge in [0.05, 0.1) is 7.11 Å². The summed E-state index contributed by atoms with van der Waals surface area (Å²) < 4.78 is 10.9. The number of hydrogen-bond acceptors (Lipinski definition) is 4. The SMILES string of the molecule is COc1ccccc1CCNC(=O)c1ncoc1-c1ccc2ccccc2c1. The number of rotatable bonds is 6. The zero-order valence-corrected chi connectivity index (χ0v) is 15.5. The molecule has 0 spiro atoms. The molecule has 0 aliphatic carbocycles. The van der Waals surface area contributed by atoms with Gasteiger partial charge in [-0.15, -0.1) is 0 Å². The van der Waals surface area contributed by atoms with E-state index >= 15 is 0 Å². The molecule has 0 aliphatic rings. The topological polar surface area (TPSA) is 64.4 Å². The summed E-state index contributed by atoms with van der Waals surface area (Å²) in [5.74, 6) is 1.03. The fourth-order valence-electron chi connectivity index (χ4n) is 3.25. The zero-order chi connectivity index (χ0) is 19.3. The smallest absolute Gasteiger partial charge is 0.273 e. The predicted octanol–water partition coefficient (Wildman–Crippen LogP) is 4.48. The van der Waals surface area contributed by atoms with Crippen LogP contribution >= 0.6 is 0 Å². The van der Waals surface area contributed by atoms with Crippen LogP contribution in [0.1, 0.15) is 16.1 Å². The van der Waals surface area contributed by atoms with Crippen molar-refractivity contribution in [1.29, 1.82) is 0 Å². The van der Waals surface area contributed by atoms with Crippen molar-refractivity contribution in [3.63, 3.8) is 0 Å².